The van der Waals surface area contributed by atoms with Crippen molar-refractivity contribution >= 4 is 60.1 Å². The summed E-state index contributed by atoms with van der Waals surface area (Å²) in [4.78, 5) is 26.5. The monoisotopic (exact) mass is 650 g/mol. The first-order valence-corrected chi connectivity index (χ1v) is 16.6. The smallest absolute Gasteiger partial charge is 0.409 e. The Bertz CT molecular complexity index is 1530. The average Bonchev–Trinajstić information content (AvgIpc) is 3.30. The van der Waals surface area contributed by atoms with E-state index in [0.717, 1.165) is 39.0 Å². The number of anilines is 1. The van der Waals surface area contributed by atoms with Crippen LogP contribution in [-0.2, 0) is 36.2 Å². The Kier molecular flexibility index (Phi) is 13.7. The molecule has 0 bridgehead atoms. The van der Waals surface area contributed by atoms with Gasteiger partial charge in [0.25, 0.3) is 0 Å². The first-order valence-electron chi connectivity index (χ1n) is 14.0. The van der Waals surface area contributed by atoms with Crippen molar-refractivity contribution in [2.45, 2.75) is 40.5 Å². The van der Waals surface area contributed by atoms with Gasteiger partial charge in [-0.15, -0.1) is 0 Å². The van der Waals surface area contributed by atoms with E-state index in [0.29, 0.717) is 25.6 Å². The molecule has 0 aliphatic rings. The zero-order valence-electron chi connectivity index (χ0n) is 26.5. The van der Waals surface area contributed by atoms with Gasteiger partial charge in [0.15, 0.2) is 0 Å². The van der Waals surface area contributed by atoms with Gasteiger partial charge in [-0.1, -0.05) is 6.92 Å². The minimum absolute atomic E-state index is 0.253. The molecule has 1 aromatic heterocycles. The van der Waals surface area contributed by atoms with Crippen molar-refractivity contribution in [1.82, 2.24) is 0 Å². The van der Waals surface area contributed by atoms with Crippen molar-refractivity contribution in [1.29, 1.82) is 0 Å². The number of rotatable bonds is 13. The molecule has 0 aliphatic heterocycles. The minimum atomic E-state index is -3.92. The van der Waals surface area contributed by atoms with Crippen molar-refractivity contribution in [3.05, 3.63) is 42.5 Å². The van der Waals surface area contributed by atoms with Crippen LogP contribution in [0.3, 0.4) is 0 Å². The fourth-order valence-corrected chi connectivity index (χ4v) is 5.08. The molecule has 0 aliphatic carbocycles. The lowest BCUT2D eigenvalue weighted by molar-refractivity contribution is -0.627. The van der Waals surface area contributed by atoms with E-state index in [1.807, 2.05) is 67.9 Å². The third kappa shape index (κ3) is 11.5. The summed E-state index contributed by atoms with van der Waals surface area (Å²) in [7, 11) is 1.09. The fraction of sp³-hybridized carbons (Fsp3) is 0.500. The molecule has 0 radical (unpaired) electrons. The quantitative estimate of drug-likeness (QED) is 0.104. The molecule has 1 unspecified atom stereocenters. The number of benzene rings is 2. The number of aromatic nitrogens is 1. The molecule has 1 heterocycles. The highest BCUT2D eigenvalue weighted by Crippen LogP contribution is 2.31. The van der Waals surface area contributed by atoms with Crippen LogP contribution >= 0.6 is 11.3 Å². The van der Waals surface area contributed by atoms with Gasteiger partial charge in [0.1, 0.15) is 23.6 Å². The number of hydrogen-bond acceptors (Lipinski definition) is 12. The van der Waals surface area contributed by atoms with Crippen molar-refractivity contribution in [2.75, 3.05) is 45.1 Å². The van der Waals surface area contributed by atoms with E-state index in [4.69, 9.17) is 27.2 Å². The highest BCUT2D eigenvalue weighted by molar-refractivity contribution is 7.84. The Morgan fingerprint density at radius 1 is 1.11 bits per heavy atom. The normalized spacial score (nSPS) is 12.4. The Balaban J connectivity index is 0.00000125. The second kappa shape index (κ2) is 16.5. The van der Waals surface area contributed by atoms with Gasteiger partial charge in [0, 0.05) is 24.6 Å². The summed E-state index contributed by atoms with van der Waals surface area (Å²) in [5.74, 6) is 0.0317. The zero-order valence-corrected chi connectivity index (χ0v) is 28.2. The summed E-state index contributed by atoms with van der Waals surface area (Å²) in [6, 6.07) is 13.8. The van der Waals surface area contributed by atoms with Gasteiger partial charge >= 0.3 is 17.1 Å². The van der Waals surface area contributed by atoms with E-state index in [1.165, 1.54) is 7.11 Å². The number of fused-ring (bicyclic) bond motifs is 1. The maximum absolute atomic E-state index is 12.7. The molecule has 44 heavy (non-hydrogen) atoms. The molecule has 0 amide bonds. The minimum Gasteiger partial charge on any atom is -0.748 e. The zero-order chi connectivity index (χ0) is 33.1. The SMILES string of the molecule is CCN(CCOC(=O)C(C)(C)CCC(C)C(=O)OC)c1ccc(N=Nc2sc3cc(OC)ccc3[n+]2C)cc1.CS(=O)(=O)[O-]. The van der Waals surface area contributed by atoms with E-state index in [9.17, 15) is 9.59 Å². The molecule has 0 fully saturated rings. The van der Waals surface area contributed by atoms with Gasteiger partial charge in [-0.05, 0) is 86.5 Å². The number of nitrogens with zero attached hydrogens (tertiary/aromatic N) is 4. The lowest BCUT2D eigenvalue weighted by Gasteiger charge is -2.26. The van der Waals surface area contributed by atoms with Gasteiger partial charge in [-0.25, -0.2) is 13.0 Å². The van der Waals surface area contributed by atoms with E-state index in [1.54, 1.807) is 25.4 Å². The third-order valence-electron chi connectivity index (χ3n) is 6.82. The van der Waals surface area contributed by atoms with Crippen LogP contribution in [0.25, 0.3) is 10.2 Å². The van der Waals surface area contributed by atoms with Crippen LogP contribution in [0.15, 0.2) is 52.7 Å². The molecule has 3 rings (SSSR count). The number of azo groups is 1. The molecular weight excluding hydrogens is 608 g/mol. The van der Waals surface area contributed by atoms with Gasteiger partial charge in [-0.2, -0.15) is 0 Å². The summed E-state index contributed by atoms with van der Waals surface area (Å²) in [5.41, 5.74) is 2.16. The Morgan fingerprint density at radius 2 is 1.75 bits per heavy atom. The number of carbonyl (C=O) groups is 2. The number of esters is 2. The van der Waals surface area contributed by atoms with E-state index in [-0.39, 0.29) is 24.5 Å². The molecule has 12 nitrogen and oxygen atoms in total. The summed E-state index contributed by atoms with van der Waals surface area (Å²) >= 11 is 1.56. The van der Waals surface area contributed by atoms with Crippen molar-refractivity contribution in [3.8, 4) is 5.75 Å². The first-order chi connectivity index (χ1) is 20.6. The van der Waals surface area contributed by atoms with Crippen LogP contribution in [-0.4, -0.2) is 65.1 Å². The number of carbonyl (C=O) groups excluding carboxylic acids is 2. The summed E-state index contributed by atoms with van der Waals surface area (Å²) < 4.78 is 46.0. The topological polar surface area (TPSA) is 151 Å². The summed E-state index contributed by atoms with van der Waals surface area (Å²) in [6.45, 7) is 9.17. The number of ether oxygens (including phenoxy) is 3. The largest absolute Gasteiger partial charge is 0.748 e. The maximum atomic E-state index is 12.7. The van der Waals surface area contributed by atoms with Crippen molar-refractivity contribution in [2.24, 2.45) is 28.6 Å². The molecule has 2 aromatic carbocycles. The van der Waals surface area contributed by atoms with Crippen LogP contribution in [0.1, 0.15) is 40.5 Å². The van der Waals surface area contributed by atoms with Crippen molar-refractivity contribution in [3.63, 3.8) is 0 Å². The second-order valence-corrected chi connectivity index (χ2v) is 13.2. The Morgan fingerprint density at radius 3 is 2.32 bits per heavy atom. The van der Waals surface area contributed by atoms with Gasteiger partial charge in [0.2, 0.25) is 0 Å². The van der Waals surface area contributed by atoms with Crippen LogP contribution in [0.4, 0.5) is 16.5 Å². The van der Waals surface area contributed by atoms with Crippen LogP contribution in [0, 0.1) is 11.3 Å². The van der Waals surface area contributed by atoms with Crippen LogP contribution < -0.4 is 14.2 Å². The lowest BCUT2D eigenvalue weighted by atomic mass is 9.85. The number of thiazole rings is 1. The van der Waals surface area contributed by atoms with Gasteiger partial charge in [0.05, 0.1) is 59.1 Å². The van der Waals surface area contributed by atoms with Gasteiger partial charge in [-0.3, -0.25) is 9.59 Å². The predicted octanol–water partition coefficient (Wildman–Crippen LogP) is 5.30. The standard InChI is InChI=1S/C29H39N4O5S.CH4O3S/c1-8-33(17-18-38-27(35)29(3,4)16-15-20(2)26(34)37-7)22-11-9-21(10-12-22)30-31-28-32(5)24-14-13-23(36-6)19-25(24)39-28;1-5(2,3)4/h9-14,19-20H,8,15-18H2,1-7H3;1H3,(H,2,3,4)/q+1;/p-1. The lowest BCUT2D eigenvalue weighted by Crippen LogP contribution is -2.32. The van der Waals surface area contributed by atoms with Crippen LogP contribution in [0.5, 0.6) is 5.75 Å². The molecule has 242 valence electrons. The van der Waals surface area contributed by atoms with Gasteiger partial charge < -0.3 is 23.7 Å². The van der Waals surface area contributed by atoms with Crippen LogP contribution in [0.2, 0.25) is 0 Å². The molecule has 1 atom stereocenters. The Labute approximate surface area is 263 Å². The number of aryl methyl sites for hydroxylation is 1. The Hall–Kier alpha value is -3.62. The molecule has 14 heteroatoms. The molecule has 3 aromatic rings. The highest BCUT2D eigenvalue weighted by atomic mass is 32.2. The van der Waals surface area contributed by atoms with E-state index < -0.39 is 15.5 Å². The molecule has 0 saturated carbocycles. The molecule has 0 saturated heterocycles. The molecule has 0 spiro atoms. The predicted molar refractivity (Wildman–Crippen MR) is 169 cm³/mol. The number of likely N-dealkylation sites (N-methyl/N-ethyl adjacent to an activating group) is 1. The first kappa shape index (κ1) is 36.6. The molecular formula is C30H42N4O8S2. The highest BCUT2D eigenvalue weighted by Gasteiger charge is 2.31. The van der Waals surface area contributed by atoms with E-state index >= 15 is 0 Å². The second-order valence-electron chi connectivity index (χ2n) is 10.8. The fourth-order valence-electron chi connectivity index (χ4n) is 4.08. The average molecular weight is 651 g/mol. The molecule has 0 N–H and O–H groups in total. The maximum Gasteiger partial charge on any atom is 0.409 e. The number of hydrogen-bond donors (Lipinski definition) is 0. The summed E-state index contributed by atoms with van der Waals surface area (Å²) in [5, 5.41) is 9.68. The van der Waals surface area contributed by atoms with E-state index in [2.05, 4.69) is 22.1 Å². The summed E-state index contributed by atoms with van der Waals surface area (Å²) in [6.07, 6.45) is 1.71. The third-order valence-corrected chi connectivity index (χ3v) is 7.90. The number of methoxy groups -OCH3 is 2. The van der Waals surface area contributed by atoms with Crippen molar-refractivity contribution < 1.29 is 41.3 Å².